The second-order valence-corrected chi connectivity index (χ2v) is 13.8. The second kappa shape index (κ2) is 12.0. The first kappa shape index (κ1) is 28.1. The van der Waals surface area contributed by atoms with E-state index in [2.05, 4.69) is 46.4 Å². The molecule has 0 amide bonds. The van der Waals surface area contributed by atoms with Crippen LogP contribution in [0.15, 0.2) is 143 Å². The summed E-state index contributed by atoms with van der Waals surface area (Å²) in [6.45, 7) is 0.384. The molecule has 0 unspecified atom stereocenters. The van der Waals surface area contributed by atoms with E-state index in [0.29, 0.717) is 13.0 Å². The van der Waals surface area contributed by atoms with E-state index in [1.807, 2.05) is 84.9 Å². The van der Waals surface area contributed by atoms with Gasteiger partial charge in [-0.25, -0.2) is 8.42 Å². The zero-order valence-corrected chi connectivity index (χ0v) is 24.5. The maximum absolute atomic E-state index is 14.2. The predicted octanol–water partition coefficient (Wildman–Crippen LogP) is 8.01. The maximum atomic E-state index is 14.2. The van der Waals surface area contributed by atoms with Crippen molar-refractivity contribution in [1.29, 1.82) is 0 Å². The fourth-order valence-electron chi connectivity index (χ4n) is 5.96. The van der Waals surface area contributed by atoms with Crippen LogP contribution in [0.4, 0.5) is 0 Å². The first-order valence-electron chi connectivity index (χ1n) is 13.9. The van der Waals surface area contributed by atoms with Crippen LogP contribution in [-0.2, 0) is 14.8 Å². The molecule has 0 N–H and O–H groups in total. The van der Waals surface area contributed by atoms with Gasteiger partial charge in [0.25, 0.3) is 0 Å². The highest BCUT2D eigenvalue weighted by Crippen LogP contribution is 2.52. The summed E-state index contributed by atoms with van der Waals surface area (Å²) in [7, 11) is -3.86. The van der Waals surface area contributed by atoms with Crippen LogP contribution >= 0.6 is 11.8 Å². The van der Waals surface area contributed by atoms with Crippen LogP contribution in [0.3, 0.4) is 0 Å². The zero-order chi connectivity index (χ0) is 29.0. The third kappa shape index (κ3) is 5.30. The molecule has 1 heterocycles. The van der Waals surface area contributed by atoms with Crippen LogP contribution in [0.1, 0.15) is 23.1 Å². The average Bonchev–Trinajstić information content (AvgIpc) is 3.47. The fraction of sp³-hybridized carbons (Fsp3) is 0.176. The minimum absolute atomic E-state index is 0.0697. The molecule has 0 aromatic heterocycles. The van der Waals surface area contributed by atoms with Gasteiger partial charge in [0.05, 0.1) is 9.64 Å². The van der Waals surface area contributed by atoms with E-state index >= 15 is 0 Å². The summed E-state index contributed by atoms with van der Waals surface area (Å²) in [4.78, 5) is 3.22. The molecule has 6 nitrogen and oxygen atoms in total. The molecule has 0 saturated carbocycles. The monoisotopic (exact) mass is 590 g/mol. The summed E-state index contributed by atoms with van der Waals surface area (Å²) in [6, 6.07) is 43.7. The molecule has 0 aliphatic carbocycles. The molecule has 6 rings (SSSR count). The van der Waals surface area contributed by atoms with E-state index in [4.69, 9.17) is 5.53 Å². The van der Waals surface area contributed by atoms with Crippen molar-refractivity contribution in [2.75, 3.05) is 13.1 Å². The van der Waals surface area contributed by atoms with Crippen molar-refractivity contribution < 1.29 is 8.42 Å². The number of sulfonamides is 1. The maximum Gasteiger partial charge on any atom is 0.243 e. The Morgan fingerprint density at radius 3 is 1.83 bits per heavy atom. The molecule has 5 aromatic rings. The standard InChI is InChI=1S/C34H30N4O2S2/c35-37-36-24-31-23-32(25-38(31)42(39,40)33-21-20-26-12-10-11-13-27(26)22-33)41-34(28-14-4-1-5-15-28,29-16-6-2-7-17-29)30-18-8-3-9-19-30/h1-22,31-32H,23-25H2/t31-,32+/m0/s1. The number of benzene rings is 5. The van der Waals surface area contributed by atoms with E-state index < -0.39 is 20.8 Å². The van der Waals surface area contributed by atoms with Crippen LogP contribution < -0.4 is 0 Å². The molecule has 42 heavy (non-hydrogen) atoms. The Labute approximate surface area is 250 Å². The molecule has 0 bridgehead atoms. The summed E-state index contributed by atoms with van der Waals surface area (Å²) in [5.41, 5.74) is 12.5. The van der Waals surface area contributed by atoms with Crippen LogP contribution in [0.25, 0.3) is 21.2 Å². The number of thioether (sulfide) groups is 1. The number of fused-ring (bicyclic) bond motifs is 1. The highest BCUT2D eigenvalue weighted by molar-refractivity contribution is 8.01. The van der Waals surface area contributed by atoms with Gasteiger partial charge in [-0.05, 0) is 51.5 Å². The number of nitrogens with zero attached hydrogens (tertiary/aromatic N) is 4. The normalized spacial score (nSPS) is 17.6. The fourth-order valence-corrected chi connectivity index (χ4v) is 9.63. The molecule has 2 atom stereocenters. The minimum atomic E-state index is -3.86. The lowest BCUT2D eigenvalue weighted by atomic mass is 9.84. The number of azide groups is 1. The molecule has 1 saturated heterocycles. The molecule has 0 radical (unpaired) electrons. The van der Waals surface area contributed by atoms with Crippen LogP contribution in [0.2, 0.25) is 0 Å². The molecule has 0 spiro atoms. The van der Waals surface area contributed by atoms with Crippen LogP contribution in [0, 0.1) is 0 Å². The van der Waals surface area contributed by atoms with Crippen molar-refractivity contribution in [3.8, 4) is 0 Å². The quantitative estimate of drug-likeness (QED) is 0.0754. The lowest BCUT2D eigenvalue weighted by molar-refractivity contribution is 0.393. The van der Waals surface area contributed by atoms with Crippen LogP contribution in [-0.4, -0.2) is 37.1 Å². The minimum Gasteiger partial charge on any atom is -0.207 e. The van der Waals surface area contributed by atoms with Gasteiger partial charge in [-0.1, -0.05) is 126 Å². The van der Waals surface area contributed by atoms with Crippen molar-refractivity contribution >= 4 is 32.6 Å². The Bertz CT molecular complexity index is 1730. The van der Waals surface area contributed by atoms with Gasteiger partial charge in [0, 0.05) is 29.3 Å². The van der Waals surface area contributed by atoms with Gasteiger partial charge in [0.1, 0.15) is 0 Å². The van der Waals surface area contributed by atoms with Crippen molar-refractivity contribution in [1.82, 2.24) is 4.31 Å². The topological polar surface area (TPSA) is 86.1 Å². The van der Waals surface area contributed by atoms with E-state index in [0.717, 1.165) is 27.5 Å². The van der Waals surface area contributed by atoms with Crippen molar-refractivity contribution in [3.63, 3.8) is 0 Å². The number of hydrogen-bond donors (Lipinski definition) is 0. The van der Waals surface area contributed by atoms with Gasteiger partial charge in [0.2, 0.25) is 10.0 Å². The molecule has 5 aromatic carbocycles. The SMILES string of the molecule is [N-]=[N+]=NC[C@@H]1C[C@@H](SC(c2ccccc2)(c2ccccc2)c2ccccc2)CN1S(=O)(=O)c1ccc2ccccc2c1. The number of rotatable bonds is 9. The molecule has 8 heteroatoms. The van der Waals surface area contributed by atoms with E-state index in [1.54, 1.807) is 28.2 Å². The molecule has 1 aliphatic rings. The van der Waals surface area contributed by atoms with Crippen molar-refractivity contribution in [2.45, 2.75) is 27.4 Å². The van der Waals surface area contributed by atoms with E-state index in [9.17, 15) is 8.42 Å². The predicted molar refractivity (Wildman–Crippen MR) is 171 cm³/mol. The Morgan fingerprint density at radius 1 is 0.762 bits per heavy atom. The molecule has 1 aliphatic heterocycles. The summed E-state index contributed by atoms with van der Waals surface area (Å²) in [5, 5.41) is 5.61. The molecule has 210 valence electrons. The van der Waals surface area contributed by atoms with Crippen LogP contribution in [0.5, 0.6) is 0 Å². The van der Waals surface area contributed by atoms with Gasteiger partial charge in [-0.3, -0.25) is 0 Å². The van der Waals surface area contributed by atoms with Gasteiger partial charge in [-0.15, -0.1) is 11.8 Å². The summed E-state index contributed by atoms with van der Waals surface area (Å²) < 4.78 is 29.3. The zero-order valence-electron chi connectivity index (χ0n) is 22.9. The third-order valence-electron chi connectivity index (χ3n) is 7.89. The van der Waals surface area contributed by atoms with E-state index in [1.165, 1.54) is 0 Å². The summed E-state index contributed by atoms with van der Waals surface area (Å²) in [6.07, 6.45) is 0.560. The second-order valence-electron chi connectivity index (χ2n) is 10.4. The van der Waals surface area contributed by atoms with E-state index in [-0.39, 0.29) is 16.7 Å². The Morgan fingerprint density at radius 2 is 1.29 bits per heavy atom. The largest absolute Gasteiger partial charge is 0.243 e. The van der Waals surface area contributed by atoms with Gasteiger partial charge in [0.15, 0.2) is 0 Å². The molecular weight excluding hydrogens is 561 g/mol. The van der Waals surface area contributed by atoms with Crippen molar-refractivity contribution in [2.24, 2.45) is 5.11 Å². The Kier molecular flexibility index (Phi) is 8.05. The summed E-state index contributed by atoms with van der Waals surface area (Å²) >= 11 is 1.77. The lowest BCUT2D eigenvalue weighted by Gasteiger charge is -2.37. The smallest absolute Gasteiger partial charge is 0.207 e. The van der Waals surface area contributed by atoms with Crippen molar-refractivity contribution in [3.05, 3.63) is 161 Å². The highest BCUT2D eigenvalue weighted by atomic mass is 32.2. The average molecular weight is 591 g/mol. The molecule has 1 fully saturated rings. The Hall–Kier alpha value is -4.07. The first-order valence-corrected chi connectivity index (χ1v) is 16.2. The summed E-state index contributed by atoms with van der Waals surface area (Å²) in [5.74, 6) is 0. The molecular formula is C34H30N4O2S2. The lowest BCUT2D eigenvalue weighted by Crippen LogP contribution is -2.37. The van der Waals surface area contributed by atoms with Gasteiger partial charge >= 0.3 is 0 Å². The number of hydrogen-bond acceptors (Lipinski definition) is 4. The third-order valence-corrected chi connectivity index (χ3v) is 11.5. The first-order chi connectivity index (χ1) is 20.5. The van der Waals surface area contributed by atoms with Gasteiger partial charge < -0.3 is 0 Å². The highest BCUT2D eigenvalue weighted by Gasteiger charge is 2.46. The Balaban J connectivity index is 1.43. The van der Waals surface area contributed by atoms with Gasteiger partial charge in [-0.2, -0.15) is 4.31 Å².